The minimum absolute atomic E-state index is 0.708. The lowest BCUT2D eigenvalue weighted by Gasteiger charge is -2.23. The van der Waals surface area contributed by atoms with Gasteiger partial charge < -0.3 is 0 Å². The van der Waals surface area contributed by atoms with E-state index in [0.29, 0.717) is 5.92 Å². The van der Waals surface area contributed by atoms with Gasteiger partial charge in [0.1, 0.15) is 0 Å². The van der Waals surface area contributed by atoms with Gasteiger partial charge in [0.15, 0.2) is 0 Å². The fraction of sp³-hybridized carbons (Fsp3) is 0.333. The van der Waals surface area contributed by atoms with Crippen LogP contribution >= 0.6 is 0 Å². The Balaban J connectivity index is 1.84. The molecule has 2 aliphatic carbocycles. The Morgan fingerprint density at radius 1 is 0.952 bits per heavy atom. The first-order valence-corrected chi connectivity index (χ1v) is 8.17. The van der Waals surface area contributed by atoms with Gasteiger partial charge in [0, 0.05) is 0 Å². The molecule has 1 unspecified atom stereocenters. The second-order valence-electron chi connectivity index (χ2n) is 6.59. The highest BCUT2D eigenvalue weighted by molar-refractivity contribution is 5.82. The summed E-state index contributed by atoms with van der Waals surface area (Å²) in [5.74, 6) is 0.708. The summed E-state index contributed by atoms with van der Waals surface area (Å²) in [4.78, 5) is 0. The van der Waals surface area contributed by atoms with Crippen molar-refractivity contribution in [1.82, 2.24) is 0 Å². The first kappa shape index (κ1) is 12.9. The maximum Gasteiger partial charge on any atom is -0.00106 e. The van der Waals surface area contributed by atoms with Gasteiger partial charge in [0.05, 0.1) is 0 Å². The van der Waals surface area contributed by atoms with Crippen LogP contribution in [0.4, 0.5) is 0 Å². The molecule has 0 bridgehead atoms. The number of hydrogen-bond donors (Lipinski definition) is 0. The summed E-state index contributed by atoms with van der Waals surface area (Å²) in [5.41, 5.74) is 10.5. The lowest BCUT2D eigenvalue weighted by atomic mass is 9.82. The van der Waals surface area contributed by atoms with Crippen LogP contribution in [0.3, 0.4) is 0 Å². The molecule has 0 spiro atoms. The summed E-state index contributed by atoms with van der Waals surface area (Å²) in [6, 6.07) is 13.6. The van der Waals surface area contributed by atoms with Crippen LogP contribution in [0.15, 0.2) is 42.5 Å². The molecule has 2 aliphatic rings. The van der Waals surface area contributed by atoms with Crippen molar-refractivity contribution in [3.63, 3.8) is 0 Å². The highest BCUT2D eigenvalue weighted by atomic mass is 14.3. The summed E-state index contributed by atoms with van der Waals surface area (Å²) in [6.07, 6.45) is 7.51. The minimum Gasteiger partial charge on any atom is -0.0804 e. The molecule has 1 atom stereocenters. The first-order valence-electron chi connectivity index (χ1n) is 8.17. The third kappa shape index (κ3) is 1.97. The number of allylic oxidation sites excluding steroid dienone is 2. The molecule has 0 radical (unpaired) electrons. The summed E-state index contributed by atoms with van der Waals surface area (Å²) in [7, 11) is 0. The van der Waals surface area contributed by atoms with Gasteiger partial charge >= 0.3 is 0 Å². The van der Waals surface area contributed by atoms with E-state index in [2.05, 4.69) is 56.3 Å². The Hall–Kier alpha value is -1.82. The Morgan fingerprint density at radius 3 is 2.62 bits per heavy atom. The van der Waals surface area contributed by atoms with Crippen LogP contribution in [0.1, 0.15) is 48.4 Å². The largest absolute Gasteiger partial charge is 0.0804 e. The van der Waals surface area contributed by atoms with Gasteiger partial charge in [-0.3, -0.25) is 0 Å². The van der Waals surface area contributed by atoms with Crippen LogP contribution in [0, 0.1) is 12.8 Å². The maximum absolute atomic E-state index is 2.48. The Kier molecular flexibility index (Phi) is 2.99. The topological polar surface area (TPSA) is 0 Å². The minimum atomic E-state index is 0.708. The van der Waals surface area contributed by atoms with Crippen LogP contribution in [0.5, 0.6) is 0 Å². The van der Waals surface area contributed by atoms with Crippen LogP contribution in [0.2, 0.25) is 0 Å². The van der Waals surface area contributed by atoms with E-state index in [-0.39, 0.29) is 0 Å². The molecular weight excluding hydrogens is 252 g/mol. The van der Waals surface area contributed by atoms with E-state index in [0.717, 1.165) is 6.42 Å². The first-order chi connectivity index (χ1) is 10.3. The molecule has 0 amide bonds. The van der Waals surface area contributed by atoms with Gasteiger partial charge in [-0.25, -0.2) is 0 Å². The normalized spacial score (nSPS) is 19.9. The molecule has 2 aromatic rings. The van der Waals surface area contributed by atoms with Crippen molar-refractivity contribution in [2.75, 3.05) is 0 Å². The molecule has 0 aromatic heterocycles. The van der Waals surface area contributed by atoms with E-state index in [4.69, 9.17) is 0 Å². The molecule has 0 saturated heterocycles. The molecule has 4 rings (SSSR count). The van der Waals surface area contributed by atoms with Crippen molar-refractivity contribution in [2.45, 2.75) is 39.5 Å². The number of rotatable bonds is 1. The molecular formula is C21H22. The molecule has 0 fully saturated rings. The van der Waals surface area contributed by atoms with Gasteiger partial charge in [-0.1, -0.05) is 49.4 Å². The SMILES string of the molecule is Cc1c(C2=CCCCC2C)ccc2c1Cc1ccccc1-2. The average molecular weight is 274 g/mol. The van der Waals surface area contributed by atoms with Crippen LogP contribution < -0.4 is 0 Å². The summed E-state index contributed by atoms with van der Waals surface area (Å²) >= 11 is 0. The fourth-order valence-electron chi connectivity index (χ4n) is 4.09. The van der Waals surface area contributed by atoms with E-state index in [9.17, 15) is 0 Å². The Labute approximate surface area is 127 Å². The summed E-state index contributed by atoms with van der Waals surface area (Å²) in [6.45, 7) is 4.70. The van der Waals surface area contributed by atoms with E-state index in [1.165, 1.54) is 47.1 Å². The van der Waals surface area contributed by atoms with Gasteiger partial charge in [0.25, 0.3) is 0 Å². The van der Waals surface area contributed by atoms with Crippen molar-refractivity contribution in [2.24, 2.45) is 5.92 Å². The quantitative estimate of drug-likeness (QED) is 0.528. The van der Waals surface area contributed by atoms with Crippen LogP contribution in [-0.2, 0) is 6.42 Å². The van der Waals surface area contributed by atoms with Crippen molar-refractivity contribution in [3.05, 3.63) is 64.7 Å². The van der Waals surface area contributed by atoms with Gasteiger partial charge in [-0.05, 0) is 77.5 Å². The molecule has 2 aromatic carbocycles. The van der Waals surface area contributed by atoms with Gasteiger partial charge in [-0.15, -0.1) is 0 Å². The van der Waals surface area contributed by atoms with E-state index in [1.807, 2.05) is 0 Å². The summed E-state index contributed by atoms with van der Waals surface area (Å²) in [5, 5.41) is 0. The molecule has 0 saturated carbocycles. The zero-order chi connectivity index (χ0) is 14.4. The monoisotopic (exact) mass is 274 g/mol. The van der Waals surface area contributed by atoms with Crippen LogP contribution in [-0.4, -0.2) is 0 Å². The van der Waals surface area contributed by atoms with Crippen molar-refractivity contribution in [3.8, 4) is 11.1 Å². The Morgan fingerprint density at radius 2 is 1.76 bits per heavy atom. The standard InChI is InChI=1S/C21H22/c1-14-7-3-5-9-17(14)18-11-12-20-19-10-6-4-8-16(19)13-21(20)15(18)2/h4,6,8-12,14H,3,5,7,13H2,1-2H3. The molecule has 21 heavy (non-hydrogen) atoms. The zero-order valence-electron chi connectivity index (χ0n) is 12.9. The maximum atomic E-state index is 2.48. The van der Waals surface area contributed by atoms with E-state index < -0.39 is 0 Å². The molecule has 0 nitrogen and oxygen atoms in total. The average Bonchev–Trinajstić information content (AvgIpc) is 2.89. The number of fused-ring (bicyclic) bond motifs is 3. The van der Waals surface area contributed by atoms with Crippen LogP contribution in [0.25, 0.3) is 16.7 Å². The third-order valence-corrected chi connectivity index (χ3v) is 5.32. The highest BCUT2D eigenvalue weighted by Crippen LogP contribution is 2.42. The number of hydrogen-bond acceptors (Lipinski definition) is 0. The van der Waals surface area contributed by atoms with Gasteiger partial charge in [0.2, 0.25) is 0 Å². The zero-order valence-corrected chi connectivity index (χ0v) is 12.9. The molecule has 0 aliphatic heterocycles. The predicted molar refractivity (Wildman–Crippen MR) is 90.4 cm³/mol. The number of benzene rings is 2. The second-order valence-corrected chi connectivity index (χ2v) is 6.59. The van der Waals surface area contributed by atoms with Crippen molar-refractivity contribution in [1.29, 1.82) is 0 Å². The smallest absolute Gasteiger partial charge is 0.00106 e. The van der Waals surface area contributed by atoms with Crippen molar-refractivity contribution >= 4 is 5.57 Å². The lowest BCUT2D eigenvalue weighted by molar-refractivity contribution is 0.601. The van der Waals surface area contributed by atoms with Crippen molar-refractivity contribution < 1.29 is 0 Å². The third-order valence-electron chi connectivity index (χ3n) is 5.32. The summed E-state index contributed by atoms with van der Waals surface area (Å²) < 4.78 is 0. The molecule has 0 heteroatoms. The lowest BCUT2D eigenvalue weighted by Crippen LogP contribution is -2.06. The van der Waals surface area contributed by atoms with E-state index in [1.54, 1.807) is 11.1 Å². The molecule has 0 heterocycles. The molecule has 0 N–H and O–H groups in total. The molecule has 106 valence electrons. The van der Waals surface area contributed by atoms with E-state index >= 15 is 0 Å². The Bertz CT molecular complexity index is 734. The second kappa shape index (κ2) is 4.87. The highest BCUT2D eigenvalue weighted by Gasteiger charge is 2.23. The fourth-order valence-corrected chi connectivity index (χ4v) is 4.09. The predicted octanol–water partition coefficient (Wildman–Crippen LogP) is 5.77. The van der Waals surface area contributed by atoms with Gasteiger partial charge in [-0.2, -0.15) is 0 Å².